The standard InChI is InChI=1S/C14H24O4/c1-3-5-6-7-8-17-13(15)9-11-10-18-14(16)12(11)4-2/h11-12H,3-10H2,1-2H3/t11-,12-/m0/s1. The Bertz CT molecular complexity index is 275. The minimum Gasteiger partial charge on any atom is -0.466 e. The van der Waals surface area contributed by atoms with Crippen molar-refractivity contribution in [1.82, 2.24) is 0 Å². The normalized spacial score (nSPS) is 22.9. The zero-order chi connectivity index (χ0) is 13.4. The maximum Gasteiger partial charge on any atom is 0.309 e. The fourth-order valence-corrected chi connectivity index (χ4v) is 2.29. The molecule has 4 nitrogen and oxygen atoms in total. The topological polar surface area (TPSA) is 52.6 Å². The first-order valence-corrected chi connectivity index (χ1v) is 7.01. The molecule has 1 heterocycles. The SMILES string of the molecule is CCCCCCOC(=O)C[C@H]1COC(=O)[C@H]1CC. The van der Waals surface area contributed by atoms with Crippen LogP contribution in [-0.2, 0) is 19.1 Å². The third-order valence-corrected chi connectivity index (χ3v) is 3.44. The zero-order valence-electron chi connectivity index (χ0n) is 11.4. The number of esters is 2. The summed E-state index contributed by atoms with van der Waals surface area (Å²) in [6.07, 6.45) is 5.42. The van der Waals surface area contributed by atoms with Crippen molar-refractivity contribution in [1.29, 1.82) is 0 Å². The second-order valence-electron chi connectivity index (χ2n) is 4.89. The second kappa shape index (κ2) is 8.11. The Morgan fingerprint density at radius 2 is 2.11 bits per heavy atom. The number of unbranched alkanes of at least 4 members (excludes halogenated alkanes) is 3. The molecule has 0 N–H and O–H groups in total. The summed E-state index contributed by atoms with van der Waals surface area (Å²) in [6.45, 7) is 4.95. The molecule has 0 unspecified atom stereocenters. The summed E-state index contributed by atoms with van der Waals surface area (Å²) in [5.74, 6) is -0.491. The molecular weight excluding hydrogens is 232 g/mol. The molecule has 1 rings (SSSR count). The Kier molecular flexibility index (Phi) is 6.76. The molecule has 0 amide bonds. The highest BCUT2D eigenvalue weighted by Gasteiger charge is 2.36. The first kappa shape index (κ1) is 15.0. The summed E-state index contributed by atoms with van der Waals surface area (Å²) in [5, 5.41) is 0. The van der Waals surface area contributed by atoms with Crippen LogP contribution < -0.4 is 0 Å². The molecular formula is C14H24O4. The quantitative estimate of drug-likeness (QED) is 0.495. The smallest absolute Gasteiger partial charge is 0.309 e. The van der Waals surface area contributed by atoms with E-state index in [4.69, 9.17) is 9.47 Å². The molecule has 0 saturated carbocycles. The summed E-state index contributed by atoms with van der Waals surface area (Å²) < 4.78 is 10.2. The minimum atomic E-state index is -0.201. The van der Waals surface area contributed by atoms with Gasteiger partial charge in [0.1, 0.15) is 0 Å². The molecule has 104 valence electrons. The van der Waals surface area contributed by atoms with Crippen LogP contribution in [0.5, 0.6) is 0 Å². The number of ether oxygens (including phenoxy) is 2. The van der Waals surface area contributed by atoms with Crippen molar-refractivity contribution in [3.63, 3.8) is 0 Å². The van der Waals surface area contributed by atoms with Gasteiger partial charge >= 0.3 is 11.9 Å². The lowest BCUT2D eigenvalue weighted by atomic mass is 9.90. The third kappa shape index (κ3) is 4.67. The van der Waals surface area contributed by atoms with E-state index in [9.17, 15) is 9.59 Å². The number of rotatable bonds is 8. The zero-order valence-corrected chi connectivity index (χ0v) is 11.4. The minimum absolute atomic E-state index is 0.00522. The van der Waals surface area contributed by atoms with Gasteiger partial charge in [-0.3, -0.25) is 9.59 Å². The molecule has 0 bridgehead atoms. The summed E-state index contributed by atoms with van der Waals surface area (Å²) in [7, 11) is 0. The van der Waals surface area contributed by atoms with Gasteiger partial charge in [-0.15, -0.1) is 0 Å². The van der Waals surface area contributed by atoms with Gasteiger partial charge in [-0.25, -0.2) is 0 Å². The van der Waals surface area contributed by atoms with Gasteiger partial charge in [0.15, 0.2) is 0 Å². The van der Waals surface area contributed by atoms with Crippen LogP contribution in [0, 0.1) is 11.8 Å². The highest BCUT2D eigenvalue weighted by Crippen LogP contribution is 2.28. The molecule has 4 heteroatoms. The molecule has 0 aromatic heterocycles. The second-order valence-corrected chi connectivity index (χ2v) is 4.89. The third-order valence-electron chi connectivity index (χ3n) is 3.44. The van der Waals surface area contributed by atoms with E-state index in [0.717, 1.165) is 19.3 Å². The Morgan fingerprint density at radius 3 is 2.78 bits per heavy atom. The molecule has 0 aromatic carbocycles. The van der Waals surface area contributed by atoms with Gasteiger partial charge in [-0.2, -0.15) is 0 Å². The van der Waals surface area contributed by atoms with Crippen molar-refractivity contribution < 1.29 is 19.1 Å². The lowest BCUT2D eigenvalue weighted by Gasteiger charge is -2.12. The van der Waals surface area contributed by atoms with E-state index in [2.05, 4.69) is 6.92 Å². The highest BCUT2D eigenvalue weighted by atomic mass is 16.5. The van der Waals surface area contributed by atoms with Crippen molar-refractivity contribution in [3.8, 4) is 0 Å². The molecule has 0 radical (unpaired) electrons. The monoisotopic (exact) mass is 256 g/mol. The molecule has 1 aliphatic heterocycles. The number of carbonyl (C=O) groups excluding carboxylic acids is 2. The van der Waals surface area contributed by atoms with E-state index in [1.165, 1.54) is 12.8 Å². The van der Waals surface area contributed by atoms with Gasteiger partial charge in [-0.1, -0.05) is 33.1 Å². The van der Waals surface area contributed by atoms with Crippen molar-refractivity contribution in [2.24, 2.45) is 11.8 Å². The summed E-state index contributed by atoms with van der Waals surface area (Å²) >= 11 is 0. The number of cyclic esters (lactones) is 1. The van der Waals surface area contributed by atoms with Crippen LogP contribution >= 0.6 is 0 Å². The van der Waals surface area contributed by atoms with Crippen LogP contribution in [0.2, 0.25) is 0 Å². The van der Waals surface area contributed by atoms with Crippen molar-refractivity contribution in [3.05, 3.63) is 0 Å². The first-order valence-electron chi connectivity index (χ1n) is 7.01. The lowest BCUT2D eigenvalue weighted by molar-refractivity contribution is -0.145. The number of hydrogen-bond donors (Lipinski definition) is 0. The summed E-state index contributed by atoms with van der Waals surface area (Å²) in [5.41, 5.74) is 0. The van der Waals surface area contributed by atoms with Gasteiger partial charge in [0, 0.05) is 5.92 Å². The Labute approximate surface area is 109 Å². The Balaban J connectivity index is 2.17. The molecule has 1 fully saturated rings. The maximum atomic E-state index is 11.6. The number of hydrogen-bond acceptors (Lipinski definition) is 4. The van der Waals surface area contributed by atoms with E-state index in [-0.39, 0.29) is 23.8 Å². The van der Waals surface area contributed by atoms with Crippen LogP contribution in [0.15, 0.2) is 0 Å². The number of carbonyl (C=O) groups is 2. The predicted molar refractivity (Wildman–Crippen MR) is 67.9 cm³/mol. The molecule has 18 heavy (non-hydrogen) atoms. The van der Waals surface area contributed by atoms with E-state index in [1.807, 2.05) is 6.92 Å². The van der Waals surface area contributed by atoms with E-state index < -0.39 is 0 Å². The average molecular weight is 256 g/mol. The van der Waals surface area contributed by atoms with Crippen molar-refractivity contribution >= 4 is 11.9 Å². The largest absolute Gasteiger partial charge is 0.466 e. The van der Waals surface area contributed by atoms with Crippen LogP contribution in [0.1, 0.15) is 52.4 Å². The average Bonchev–Trinajstić information content (AvgIpc) is 2.69. The first-order chi connectivity index (χ1) is 8.69. The van der Waals surface area contributed by atoms with Crippen LogP contribution in [-0.4, -0.2) is 25.2 Å². The van der Waals surface area contributed by atoms with Crippen molar-refractivity contribution in [2.75, 3.05) is 13.2 Å². The lowest BCUT2D eigenvalue weighted by Crippen LogP contribution is -2.20. The fraction of sp³-hybridized carbons (Fsp3) is 0.857. The van der Waals surface area contributed by atoms with Gasteiger partial charge in [0.2, 0.25) is 0 Å². The molecule has 0 spiro atoms. The predicted octanol–water partition coefficient (Wildman–Crippen LogP) is 2.70. The Morgan fingerprint density at radius 1 is 1.33 bits per heavy atom. The van der Waals surface area contributed by atoms with Gasteiger partial charge in [0.25, 0.3) is 0 Å². The van der Waals surface area contributed by atoms with Crippen LogP contribution in [0.25, 0.3) is 0 Å². The van der Waals surface area contributed by atoms with E-state index in [0.29, 0.717) is 19.6 Å². The van der Waals surface area contributed by atoms with Gasteiger partial charge in [-0.05, 0) is 12.8 Å². The van der Waals surface area contributed by atoms with E-state index >= 15 is 0 Å². The molecule has 0 aromatic rings. The maximum absolute atomic E-state index is 11.6. The van der Waals surface area contributed by atoms with Crippen molar-refractivity contribution in [2.45, 2.75) is 52.4 Å². The fourth-order valence-electron chi connectivity index (χ4n) is 2.29. The van der Waals surface area contributed by atoms with Crippen LogP contribution in [0.4, 0.5) is 0 Å². The summed E-state index contributed by atoms with van der Waals surface area (Å²) in [4.78, 5) is 23.0. The molecule has 0 aliphatic carbocycles. The molecule has 2 atom stereocenters. The van der Waals surface area contributed by atoms with E-state index in [1.54, 1.807) is 0 Å². The molecule has 1 aliphatic rings. The van der Waals surface area contributed by atoms with Gasteiger partial charge < -0.3 is 9.47 Å². The summed E-state index contributed by atoms with van der Waals surface area (Å²) in [6, 6.07) is 0. The highest BCUT2D eigenvalue weighted by molar-refractivity contribution is 5.77. The molecule has 1 saturated heterocycles. The van der Waals surface area contributed by atoms with Crippen LogP contribution in [0.3, 0.4) is 0 Å². The van der Waals surface area contributed by atoms with Gasteiger partial charge in [0.05, 0.1) is 25.6 Å². The Hall–Kier alpha value is -1.06.